The van der Waals surface area contributed by atoms with Crippen molar-refractivity contribution in [2.45, 2.75) is 31.9 Å². The second kappa shape index (κ2) is 6.61. The SMILES string of the molecule is Cc1cc2nc(C3CCN(C(=O)c4ccnn4C)CC3)cc(C(F)(F)F)n2n1. The maximum Gasteiger partial charge on any atom is 0.433 e. The van der Waals surface area contributed by atoms with Gasteiger partial charge in [0.2, 0.25) is 0 Å². The van der Waals surface area contributed by atoms with Crippen LogP contribution >= 0.6 is 0 Å². The molecule has 1 aliphatic heterocycles. The van der Waals surface area contributed by atoms with E-state index in [2.05, 4.69) is 15.2 Å². The number of amides is 1. The molecule has 0 aliphatic carbocycles. The zero-order valence-corrected chi connectivity index (χ0v) is 15.4. The number of fused-ring (bicyclic) bond motifs is 1. The summed E-state index contributed by atoms with van der Waals surface area (Å²) in [4.78, 5) is 18.7. The number of hydrogen-bond donors (Lipinski definition) is 0. The third-order valence-electron chi connectivity index (χ3n) is 5.10. The highest BCUT2D eigenvalue weighted by atomic mass is 19.4. The van der Waals surface area contributed by atoms with Gasteiger partial charge in [0.25, 0.3) is 5.91 Å². The molecule has 0 aromatic carbocycles. The number of carbonyl (C=O) groups is 1. The first kappa shape index (κ1) is 18.5. The van der Waals surface area contributed by atoms with Crippen LogP contribution in [0.25, 0.3) is 5.65 Å². The summed E-state index contributed by atoms with van der Waals surface area (Å²) in [7, 11) is 1.70. The van der Waals surface area contributed by atoms with Crippen LogP contribution in [0, 0.1) is 6.92 Å². The van der Waals surface area contributed by atoms with Crippen LogP contribution in [0.15, 0.2) is 24.4 Å². The highest BCUT2D eigenvalue weighted by Crippen LogP contribution is 2.34. The summed E-state index contributed by atoms with van der Waals surface area (Å²) in [5.74, 6) is -0.263. The lowest BCUT2D eigenvalue weighted by Crippen LogP contribution is -2.39. The fourth-order valence-electron chi connectivity index (χ4n) is 3.64. The molecule has 1 fully saturated rings. The molecule has 3 aromatic heterocycles. The molecule has 0 saturated carbocycles. The largest absolute Gasteiger partial charge is 0.433 e. The molecule has 10 heteroatoms. The Morgan fingerprint density at radius 2 is 1.93 bits per heavy atom. The van der Waals surface area contributed by atoms with E-state index in [4.69, 9.17) is 0 Å². The average Bonchev–Trinajstić information content (AvgIpc) is 3.23. The number of carbonyl (C=O) groups excluding carboxylic acids is 1. The minimum atomic E-state index is -4.52. The first-order valence-corrected chi connectivity index (χ1v) is 8.96. The Kier molecular flexibility index (Phi) is 4.35. The minimum absolute atomic E-state index is 0.121. The number of rotatable bonds is 2. The van der Waals surface area contributed by atoms with Gasteiger partial charge < -0.3 is 4.90 Å². The maximum atomic E-state index is 13.5. The minimum Gasteiger partial charge on any atom is -0.337 e. The van der Waals surface area contributed by atoms with Gasteiger partial charge in [0.1, 0.15) is 11.4 Å². The van der Waals surface area contributed by atoms with Gasteiger partial charge in [-0.3, -0.25) is 9.48 Å². The predicted octanol–water partition coefficient (Wildman–Crippen LogP) is 2.81. The molecule has 1 amide bonds. The fraction of sp³-hybridized carbons (Fsp3) is 0.444. The number of likely N-dealkylation sites (tertiary alicyclic amines) is 1. The average molecular weight is 392 g/mol. The van der Waals surface area contributed by atoms with Gasteiger partial charge in [-0.1, -0.05) is 0 Å². The lowest BCUT2D eigenvalue weighted by atomic mass is 9.92. The van der Waals surface area contributed by atoms with E-state index in [1.54, 1.807) is 37.2 Å². The molecule has 28 heavy (non-hydrogen) atoms. The second-order valence-electron chi connectivity index (χ2n) is 7.03. The lowest BCUT2D eigenvalue weighted by molar-refractivity contribution is -0.142. The summed E-state index contributed by atoms with van der Waals surface area (Å²) < 4.78 is 42.8. The Bertz CT molecular complexity index is 1030. The van der Waals surface area contributed by atoms with Crippen LogP contribution in [-0.2, 0) is 13.2 Å². The van der Waals surface area contributed by atoms with E-state index in [1.165, 1.54) is 4.68 Å². The molecular weight excluding hydrogens is 373 g/mol. The number of aryl methyl sites for hydroxylation is 2. The maximum absolute atomic E-state index is 13.5. The van der Waals surface area contributed by atoms with Gasteiger partial charge in [0, 0.05) is 44.0 Å². The van der Waals surface area contributed by atoms with Crippen molar-refractivity contribution in [3.63, 3.8) is 0 Å². The number of piperidine rings is 1. The van der Waals surface area contributed by atoms with Crippen molar-refractivity contribution in [3.8, 4) is 0 Å². The third kappa shape index (κ3) is 3.23. The van der Waals surface area contributed by atoms with Crippen molar-refractivity contribution in [1.29, 1.82) is 0 Å². The van der Waals surface area contributed by atoms with Gasteiger partial charge in [-0.05, 0) is 31.9 Å². The Morgan fingerprint density at radius 3 is 2.54 bits per heavy atom. The van der Waals surface area contributed by atoms with Crippen LogP contribution in [0.1, 0.15) is 46.3 Å². The summed E-state index contributed by atoms with van der Waals surface area (Å²) >= 11 is 0. The van der Waals surface area contributed by atoms with Crippen LogP contribution in [0.2, 0.25) is 0 Å². The Hall–Kier alpha value is -2.91. The van der Waals surface area contributed by atoms with Crippen molar-refractivity contribution in [1.82, 2.24) is 29.3 Å². The number of alkyl halides is 3. The van der Waals surface area contributed by atoms with Crippen molar-refractivity contribution in [2.75, 3.05) is 13.1 Å². The smallest absolute Gasteiger partial charge is 0.337 e. The standard InChI is InChI=1S/C18H19F3N6O/c1-11-9-16-23-13(10-15(18(19,20)21)27(16)24-11)12-4-7-26(8-5-12)17(28)14-3-6-22-25(14)2/h3,6,9-10,12H,4-5,7-8H2,1-2H3. The van der Waals surface area contributed by atoms with Gasteiger partial charge >= 0.3 is 6.18 Å². The molecule has 148 valence electrons. The highest BCUT2D eigenvalue weighted by molar-refractivity contribution is 5.92. The summed E-state index contributed by atoms with van der Waals surface area (Å²) in [5.41, 5.74) is 0.732. The van der Waals surface area contributed by atoms with Crippen LogP contribution in [0.3, 0.4) is 0 Å². The van der Waals surface area contributed by atoms with Gasteiger partial charge in [-0.2, -0.15) is 23.4 Å². The van der Waals surface area contributed by atoms with Gasteiger partial charge in [0.15, 0.2) is 5.65 Å². The molecule has 0 atom stereocenters. The van der Waals surface area contributed by atoms with E-state index < -0.39 is 11.9 Å². The monoisotopic (exact) mass is 392 g/mol. The van der Waals surface area contributed by atoms with Gasteiger partial charge in [-0.15, -0.1) is 0 Å². The zero-order valence-electron chi connectivity index (χ0n) is 15.4. The van der Waals surface area contributed by atoms with Crippen LogP contribution in [-0.4, -0.2) is 48.3 Å². The van der Waals surface area contributed by atoms with Crippen LogP contribution in [0.5, 0.6) is 0 Å². The zero-order chi connectivity index (χ0) is 20.1. The summed E-state index contributed by atoms with van der Waals surface area (Å²) in [5, 5.41) is 7.91. The van der Waals surface area contributed by atoms with Gasteiger partial charge in [0.05, 0.1) is 5.69 Å². The molecular formula is C18H19F3N6O. The molecule has 0 radical (unpaired) electrons. The lowest BCUT2D eigenvalue weighted by Gasteiger charge is -2.32. The molecule has 1 saturated heterocycles. The summed E-state index contributed by atoms with van der Waals surface area (Å²) in [6.07, 6.45) is -1.86. The van der Waals surface area contributed by atoms with Crippen molar-refractivity contribution >= 4 is 11.6 Å². The third-order valence-corrected chi connectivity index (χ3v) is 5.10. The number of hydrogen-bond acceptors (Lipinski definition) is 4. The topological polar surface area (TPSA) is 68.3 Å². The number of nitrogens with zero attached hydrogens (tertiary/aromatic N) is 6. The fourth-order valence-corrected chi connectivity index (χ4v) is 3.64. The van der Waals surface area contributed by atoms with Gasteiger partial charge in [-0.25, -0.2) is 9.50 Å². The molecule has 3 aromatic rings. The Morgan fingerprint density at radius 1 is 1.21 bits per heavy atom. The first-order valence-electron chi connectivity index (χ1n) is 8.96. The molecule has 0 N–H and O–H groups in total. The van der Waals surface area contributed by atoms with E-state index in [0.29, 0.717) is 43.0 Å². The highest BCUT2D eigenvalue weighted by Gasteiger charge is 2.36. The Labute approximate surface area is 158 Å². The summed E-state index contributed by atoms with van der Waals surface area (Å²) in [6, 6.07) is 4.28. The molecule has 0 bridgehead atoms. The quantitative estimate of drug-likeness (QED) is 0.673. The van der Waals surface area contributed by atoms with E-state index in [9.17, 15) is 18.0 Å². The summed E-state index contributed by atoms with van der Waals surface area (Å²) in [6.45, 7) is 2.55. The van der Waals surface area contributed by atoms with E-state index in [-0.39, 0.29) is 17.5 Å². The number of halogens is 3. The van der Waals surface area contributed by atoms with Crippen LogP contribution in [0.4, 0.5) is 13.2 Å². The molecule has 0 spiro atoms. The van der Waals surface area contributed by atoms with Crippen molar-refractivity contribution in [2.24, 2.45) is 7.05 Å². The predicted molar refractivity (Wildman–Crippen MR) is 93.8 cm³/mol. The molecule has 4 rings (SSSR count). The van der Waals surface area contributed by atoms with Crippen molar-refractivity contribution in [3.05, 3.63) is 47.2 Å². The molecule has 7 nitrogen and oxygen atoms in total. The van der Waals surface area contributed by atoms with E-state index >= 15 is 0 Å². The number of aromatic nitrogens is 5. The van der Waals surface area contributed by atoms with Crippen LogP contribution < -0.4 is 0 Å². The first-order chi connectivity index (χ1) is 13.2. The molecule has 0 unspecified atom stereocenters. The van der Waals surface area contributed by atoms with E-state index in [1.807, 2.05) is 0 Å². The van der Waals surface area contributed by atoms with E-state index in [0.717, 1.165) is 10.6 Å². The van der Waals surface area contributed by atoms with Crippen molar-refractivity contribution < 1.29 is 18.0 Å². The molecule has 4 heterocycles. The Balaban J connectivity index is 1.57. The second-order valence-corrected chi connectivity index (χ2v) is 7.03. The molecule has 1 aliphatic rings. The normalized spacial score (nSPS) is 16.1.